The summed E-state index contributed by atoms with van der Waals surface area (Å²) >= 11 is 17.8. The van der Waals surface area contributed by atoms with Crippen molar-refractivity contribution in [3.8, 4) is 11.3 Å². The molecule has 1 amide bonds. The van der Waals surface area contributed by atoms with Crippen molar-refractivity contribution in [1.29, 1.82) is 0 Å². The number of likely N-dealkylation sites (tertiary alicyclic amines) is 1. The molecule has 0 bridgehead atoms. The Morgan fingerprint density at radius 2 is 1.70 bits per heavy atom. The first-order valence-corrected chi connectivity index (χ1v) is 14.7. The first-order chi connectivity index (χ1) is 18.9. The van der Waals surface area contributed by atoms with Crippen LogP contribution >= 0.6 is 34.8 Å². The first kappa shape index (κ1) is 29.2. The number of alkyl halides is 3. The number of anilines is 1. The van der Waals surface area contributed by atoms with Gasteiger partial charge in [0, 0.05) is 36.6 Å². The van der Waals surface area contributed by atoms with Crippen LogP contribution in [0.2, 0.25) is 0 Å². The van der Waals surface area contributed by atoms with Gasteiger partial charge in [0.15, 0.2) is 5.60 Å². The maximum atomic E-state index is 12.4. The molecule has 1 N–H and O–H groups in total. The van der Waals surface area contributed by atoms with E-state index in [1.165, 1.54) is 25.0 Å². The number of hydrogen-bond donors (Lipinski definition) is 1. The lowest BCUT2D eigenvalue weighted by atomic mass is 10.00. The number of carbonyl (C=O) groups is 1. The van der Waals surface area contributed by atoms with Crippen molar-refractivity contribution in [3.05, 3.63) is 71.2 Å². The van der Waals surface area contributed by atoms with Gasteiger partial charge in [-0.05, 0) is 70.3 Å². The molecule has 2 aliphatic rings. The molecule has 7 nitrogen and oxygen atoms in total. The van der Waals surface area contributed by atoms with Crippen molar-refractivity contribution < 1.29 is 14.3 Å². The number of nitrogens with zero attached hydrogens (tertiary/aromatic N) is 3. The number of carbonyl (C=O) groups excluding carboxylic acids is 1. The van der Waals surface area contributed by atoms with Crippen LogP contribution in [0, 0.1) is 6.92 Å². The number of benzene rings is 2. The fraction of sp³-hybridized carbons (Fsp3) is 0.467. The molecule has 10 heteroatoms. The summed E-state index contributed by atoms with van der Waals surface area (Å²) in [7, 11) is 2.16. The van der Waals surface area contributed by atoms with E-state index in [1.807, 2.05) is 24.3 Å². The molecule has 1 saturated heterocycles. The van der Waals surface area contributed by atoms with Crippen LogP contribution in [-0.4, -0.2) is 56.2 Å². The van der Waals surface area contributed by atoms with E-state index >= 15 is 0 Å². The number of rotatable bonds is 5. The fourth-order valence-corrected chi connectivity index (χ4v) is 5.41. The lowest BCUT2D eigenvalue weighted by Gasteiger charge is -2.32. The van der Waals surface area contributed by atoms with Gasteiger partial charge in [-0.25, -0.2) is 9.78 Å². The normalized spacial score (nSPS) is 18.5. The average Bonchev–Trinajstić information content (AvgIpc) is 3.13. The summed E-state index contributed by atoms with van der Waals surface area (Å²) in [5, 5.41) is 2.70. The molecule has 40 heavy (non-hydrogen) atoms. The second kappa shape index (κ2) is 11.5. The molecule has 0 aliphatic carbocycles. The second-order valence-electron chi connectivity index (χ2n) is 11.1. The molecule has 0 spiro atoms. The Balaban J connectivity index is 1.39. The summed E-state index contributed by atoms with van der Waals surface area (Å²) in [5.74, 6) is 0.941. The van der Waals surface area contributed by atoms with Gasteiger partial charge in [-0.2, -0.15) is 0 Å². The van der Waals surface area contributed by atoms with Crippen LogP contribution < -0.4 is 5.32 Å². The predicted molar refractivity (Wildman–Crippen MR) is 160 cm³/mol. The van der Waals surface area contributed by atoms with Gasteiger partial charge in [-0.1, -0.05) is 71.2 Å². The van der Waals surface area contributed by atoms with Crippen LogP contribution in [0.4, 0.5) is 10.5 Å². The monoisotopic (exact) mass is 604 g/mol. The number of amides is 1. The molecule has 1 aromatic heterocycles. The van der Waals surface area contributed by atoms with Crippen LogP contribution in [0.1, 0.15) is 55.4 Å². The van der Waals surface area contributed by atoms with Gasteiger partial charge in [-0.3, -0.25) is 5.32 Å². The Morgan fingerprint density at radius 1 is 1.02 bits per heavy atom. The molecule has 3 heterocycles. The first-order valence-electron chi connectivity index (χ1n) is 13.6. The van der Waals surface area contributed by atoms with E-state index in [0.29, 0.717) is 5.69 Å². The molecule has 0 saturated carbocycles. The Kier molecular flexibility index (Phi) is 8.42. The Morgan fingerprint density at radius 3 is 2.38 bits per heavy atom. The molecule has 1 fully saturated rings. The SMILES string of the molecule is Cc1c(-c2ccc(NC(=O)OC(C)(C)C(Cl)(Cl)Cl)cc2)nc2n1CCc1ccccc1C2OC1CCN(C)CC1. The molecular formula is C30H35Cl3N4O3. The largest absolute Gasteiger partial charge is 0.439 e. The third-order valence-corrected chi connectivity index (χ3v) is 9.22. The third-order valence-electron chi connectivity index (χ3n) is 7.86. The average molecular weight is 606 g/mol. The van der Waals surface area contributed by atoms with E-state index in [4.69, 9.17) is 49.3 Å². The zero-order chi connectivity index (χ0) is 28.7. The number of aromatic nitrogens is 2. The number of piperidine rings is 1. The summed E-state index contributed by atoms with van der Waals surface area (Å²) in [6, 6.07) is 16.1. The maximum absolute atomic E-state index is 12.4. The van der Waals surface area contributed by atoms with Crippen molar-refractivity contribution in [3.63, 3.8) is 0 Å². The van der Waals surface area contributed by atoms with Gasteiger partial charge < -0.3 is 18.9 Å². The van der Waals surface area contributed by atoms with E-state index in [-0.39, 0.29) is 12.2 Å². The van der Waals surface area contributed by atoms with Crippen molar-refractivity contribution in [2.24, 2.45) is 0 Å². The minimum absolute atomic E-state index is 0.193. The van der Waals surface area contributed by atoms with Gasteiger partial charge >= 0.3 is 6.09 Å². The Hall–Kier alpha value is -2.29. The maximum Gasteiger partial charge on any atom is 0.412 e. The smallest absolute Gasteiger partial charge is 0.412 e. The van der Waals surface area contributed by atoms with E-state index in [9.17, 15) is 4.79 Å². The second-order valence-corrected chi connectivity index (χ2v) is 13.4. The molecule has 0 radical (unpaired) electrons. The minimum Gasteiger partial charge on any atom is -0.439 e. The fourth-order valence-electron chi connectivity index (χ4n) is 5.29. The number of nitrogens with one attached hydrogen (secondary N) is 1. The summed E-state index contributed by atoms with van der Waals surface area (Å²) < 4.78 is 12.7. The predicted octanol–water partition coefficient (Wildman–Crippen LogP) is 7.31. The zero-order valence-electron chi connectivity index (χ0n) is 23.2. The van der Waals surface area contributed by atoms with E-state index in [1.54, 1.807) is 0 Å². The number of imidazole rings is 1. The molecule has 1 atom stereocenters. The zero-order valence-corrected chi connectivity index (χ0v) is 25.5. The lowest BCUT2D eigenvalue weighted by Crippen LogP contribution is -2.42. The molecule has 5 rings (SSSR count). The Bertz CT molecular complexity index is 1360. The van der Waals surface area contributed by atoms with E-state index in [0.717, 1.165) is 61.7 Å². The molecular weight excluding hydrogens is 571 g/mol. The minimum atomic E-state index is -1.76. The summed E-state index contributed by atoms with van der Waals surface area (Å²) in [4.78, 5) is 20.0. The highest BCUT2D eigenvalue weighted by Gasteiger charge is 2.44. The van der Waals surface area contributed by atoms with Crippen molar-refractivity contribution in [2.75, 3.05) is 25.5 Å². The topological polar surface area (TPSA) is 68.6 Å². The molecule has 214 valence electrons. The van der Waals surface area contributed by atoms with E-state index < -0.39 is 15.5 Å². The van der Waals surface area contributed by atoms with Crippen molar-refractivity contribution >= 4 is 46.6 Å². The van der Waals surface area contributed by atoms with Crippen LogP contribution in [0.25, 0.3) is 11.3 Å². The van der Waals surface area contributed by atoms with Crippen molar-refractivity contribution in [1.82, 2.24) is 14.5 Å². The summed E-state index contributed by atoms with van der Waals surface area (Å²) in [6.07, 6.45) is 2.20. The number of fused-ring (bicyclic) bond motifs is 2. The summed E-state index contributed by atoms with van der Waals surface area (Å²) in [6.45, 7) is 8.09. The van der Waals surface area contributed by atoms with E-state index in [2.05, 4.69) is 53.0 Å². The van der Waals surface area contributed by atoms with Gasteiger partial charge in [0.25, 0.3) is 0 Å². The number of halogens is 3. The van der Waals surface area contributed by atoms with Gasteiger partial charge in [0.1, 0.15) is 11.9 Å². The molecule has 1 unspecified atom stereocenters. The molecule has 3 aromatic rings. The number of hydrogen-bond acceptors (Lipinski definition) is 5. The molecule has 2 aliphatic heterocycles. The number of ether oxygens (including phenoxy) is 2. The Labute approximate surface area is 250 Å². The highest BCUT2D eigenvalue weighted by molar-refractivity contribution is 6.68. The van der Waals surface area contributed by atoms with Crippen LogP contribution in [0.15, 0.2) is 48.5 Å². The number of aryl methyl sites for hydroxylation is 1. The van der Waals surface area contributed by atoms with Gasteiger partial charge in [-0.15, -0.1) is 0 Å². The lowest BCUT2D eigenvalue weighted by molar-refractivity contribution is -0.0276. The van der Waals surface area contributed by atoms with Crippen LogP contribution in [-0.2, 0) is 22.4 Å². The summed E-state index contributed by atoms with van der Waals surface area (Å²) in [5.41, 5.74) is 4.70. The third kappa shape index (κ3) is 6.14. The highest BCUT2D eigenvalue weighted by atomic mass is 35.6. The van der Waals surface area contributed by atoms with Gasteiger partial charge in [0.2, 0.25) is 3.79 Å². The van der Waals surface area contributed by atoms with Crippen LogP contribution in [0.3, 0.4) is 0 Å². The standard InChI is InChI=1S/C30H35Cl3N4O3/c1-19-25(21-9-11-22(12-10-21)34-28(38)40-29(2,3)30(31,32)33)35-27-26(39-23-14-16-36(4)17-15-23)24-8-6-5-7-20(24)13-18-37(19)27/h5-12,23,26H,13-18H2,1-4H3,(H,34,38). The van der Waals surface area contributed by atoms with Crippen molar-refractivity contribution in [2.45, 2.75) is 68.2 Å². The highest BCUT2D eigenvalue weighted by Crippen LogP contribution is 2.41. The molecule has 2 aromatic carbocycles. The quantitative estimate of drug-likeness (QED) is 0.309. The van der Waals surface area contributed by atoms with Gasteiger partial charge in [0.05, 0.1) is 11.8 Å². The van der Waals surface area contributed by atoms with Crippen LogP contribution in [0.5, 0.6) is 0 Å².